The molecule has 0 radical (unpaired) electrons. The van der Waals surface area contributed by atoms with Crippen LogP contribution >= 0.6 is 11.6 Å². The SMILES string of the molecule is CC1(CC(=O)N/N=C\c2cccc(Cl)c2)OCCO1. The molecule has 1 N–H and O–H groups in total. The molecule has 102 valence electrons. The Morgan fingerprint density at radius 1 is 1.53 bits per heavy atom. The van der Waals surface area contributed by atoms with Crippen molar-refractivity contribution in [3.05, 3.63) is 34.9 Å². The van der Waals surface area contributed by atoms with E-state index >= 15 is 0 Å². The van der Waals surface area contributed by atoms with Crippen LogP contribution in [0.25, 0.3) is 0 Å². The fraction of sp³-hybridized carbons (Fsp3) is 0.385. The maximum Gasteiger partial charge on any atom is 0.245 e. The summed E-state index contributed by atoms with van der Waals surface area (Å²) in [6.07, 6.45) is 1.64. The molecule has 1 aromatic rings. The molecule has 19 heavy (non-hydrogen) atoms. The van der Waals surface area contributed by atoms with Crippen molar-refractivity contribution in [3.63, 3.8) is 0 Å². The molecule has 0 aromatic heterocycles. The number of halogens is 1. The number of amides is 1. The number of hydrogen-bond donors (Lipinski definition) is 1. The highest BCUT2D eigenvalue weighted by Crippen LogP contribution is 2.22. The molecule has 1 amide bonds. The van der Waals surface area contributed by atoms with Crippen LogP contribution in [-0.4, -0.2) is 31.1 Å². The van der Waals surface area contributed by atoms with Gasteiger partial charge in [-0.25, -0.2) is 5.43 Å². The standard InChI is InChI=1S/C13H15ClN2O3/c1-13(18-5-6-19-13)8-12(17)16-15-9-10-3-2-4-11(14)7-10/h2-4,7,9H,5-6,8H2,1H3,(H,16,17)/b15-9-. The van der Waals surface area contributed by atoms with Crippen molar-refractivity contribution in [2.75, 3.05) is 13.2 Å². The van der Waals surface area contributed by atoms with Crippen LogP contribution in [-0.2, 0) is 14.3 Å². The molecule has 1 aliphatic heterocycles. The van der Waals surface area contributed by atoms with Gasteiger partial charge in [0.1, 0.15) is 0 Å². The zero-order valence-electron chi connectivity index (χ0n) is 10.6. The zero-order valence-corrected chi connectivity index (χ0v) is 11.3. The van der Waals surface area contributed by atoms with E-state index in [4.69, 9.17) is 21.1 Å². The third-order valence-electron chi connectivity index (χ3n) is 2.63. The molecule has 1 aliphatic rings. The second-order valence-corrected chi connectivity index (χ2v) is 4.79. The van der Waals surface area contributed by atoms with Crippen LogP contribution in [0.5, 0.6) is 0 Å². The Hall–Kier alpha value is -1.43. The molecule has 5 nitrogen and oxygen atoms in total. The van der Waals surface area contributed by atoms with Gasteiger partial charge in [0, 0.05) is 5.02 Å². The van der Waals surface area contributed by atoms with Gasteiger partial charge in [-0.2, -0.15) is 5.10 Å². The molecule has 1 fully saturated rings. The number of carbonyl (C=O) groups excluding carboxylic acids is 1. The van der Waals surface area contributed by atoms with Crippen molar-refractivity contribution in [1.82, 2.24) is 5.43 Å². The van der Waals surface area contributed by atoms with Gasteiger partial charge in [-0.1, -0.05) is 23.7 Å². The van der Waals surface area contributed by atoms with Gasteiger partial charge in [0.25, 0.3) is 0 Å². The smallest absolute Gasteiger partial charge is 0.245 e. The topological polar surface area (TPSA) is 59.9 Å². The number of nitrogens with one attached hydrogen (secondary N) is 1. The summed E-state index contributed by atoms with van der Waals surface area (Å²) in [7, 11) is 0. The Bertz CT molecular complexity index is 485. The van der Waals surface area contributed by atoms with Gasteiger partial charge in [0.15, 0.2) is 5.79 Å². The van der Waals surface area contributed by atoms with Crippen molar-refractivity contribution in [3.8, 4) is 0 Å². The predicted molar refractivity (Wildman–Crippen MR) is 72.1 cm³/mol. The lowest BCUT2D eigenvalue weighted by atomic mass is 10.2. The fourth-order valence-corrected chi connectivity index (χ4v) is 1.95. The summed E-state index contributed by atoms with van der Waals surface area (Å²) in [5.74, 6) is -1.10. The van der Waals surface area contributed by atoms with Crippen molar-refractivity contribution >= 4 is 23.7 Å². The highest BCUT2D eigenvalue weighted by atomic mass is 35.5. The molecular weight excluding hydrogens is 268 g/mol. The van der Waals surface area contributed by atoms with Gasteiger partial charge < -0.3 is 9.47 Å². The minimum absolute atomic E-state index is 0.111. The zero-order chi connectivity index (χ0) is 13.7. The van der Waals surface area contributed by atoms with Gasteiger partial charge in [-0.3, -0.25) is 4.79 Å². The normalized spacial score (nSPS) is 17.8. The van der Waals surface area contributed by atoms with Crippen LogP contribution in [0.3, 0.4) is 0 Å². The molecular formula is C13H15ClN2O3. The first-order chi connectivity index (χ1) is 9.07. The summed E-state index contributed by atoms with van der Waals surface area (Å²) in [5, 5.41) is 4.48. The Morgan fingerprint density at radius 3 is 2.95 bits per heavy atom. The number of nitrogens with zero attached hydrogens (tertiary/aromatic N) is 1. The highest BCUT2D eigenvalue weighted by molar-refractivity contribution is 6.30. The van der Waals surface area contributed by atoms with E-state index in [0.29, 0.717) is 18.2 Å². The lowest BCUT2D eigenvalue weighted by Gasteiger charge is -2.20. The van der Waals surface area contributed by atoms with E-state index in [1.807, 2.05) is 12.1 Å². The van der Waals surface area contributed by atoms with Gasteiger partial charge in [0.2, 0.25) is 5.91 Å². The lowest BCUT2D eigenvalue weighted by molar-refractivity contribution is -0.159. The van der Waals surface area contributed by atoms with Crippen LogP contribution in [0, 0.1) is 0 Å². The molecule has 0 saturated carbocycles. The van der Waals surface area contributed by atoms with Gasteiger partial charge >= 0.3 is 0 Å². The van der Waals surface area contributed by atoms with Gasteiger partial charge in [-0.05, 0) is 24.6 Å². The third kappa shape index (κ3) is 4.31. The van der Waals surface area contributed by atoms with Crippen LogP contribution in [0.15, 0.2) is 29.4 Å². The molecule has 1 aromatic carbocycles. The van der Waals surface area contributed by atoms with Crippen molar-refractivity contribution in [2.24, 2.45) is 5.10 Å². The van der Waals surface area contributed by atoms with Crippen LogP contribution < -0.4 is 5.43 Å². The maximum atomic E-state index is 11.7. The molecule has 6 heteroatoms. The molecule has 0 atom stereocenters. The van der Waals surface area contributed by atoms with E-state index in [1.54, 1.807) is 19.1 Å². The molecule has 2 rings (SSSR count). The maximum absolute atomic E-state index is 11.7. The van der Waals surface area contributed by atoms with Gasteiger partial charge in [-0.15, -0.1) is 0 Å². The van der Waals surface area contributed by atoms with E-state index < -0.39 is 5.79 Å². The van der Waals surface area contributed by atoms with E-state index in [2.05, 4.69) is 10.5 Å². The first-order valence-corrected chi connectivity index (χ1v) is 6.31. The number of hydrazone groups is 1. The van der Waals surface area contributed by atoms with E-state index in [1.165, 1.54) is 6.21 Å². The Kier molecular flexibility index (Phi) is 4.52. The quantitative estimate of drug-likeness (QED) is 0.678. The fourth-order valence-electron chi connectivity index (χ4n) is 1.76. The van der Waals surface area contributed by atoms with E-state index in [0.717, 1.165) is 5.56 Å². The Balaban J connectivity index is 1.83. The summed E-state index contributed by atoms with van der Waals surface area (Å²) in [4.78, 5) is 11.7. The van der Waals surface area contributed by atoms with E-state index in [-0.39, 0.29) is 12.3 Å². The minimum Gasteiger partial charge on any atom is -0.347 e. The van der Waals surface area contributed by atoms with Crippen LogP contribution in [0.4, 0.5) is 0 Å². The first kappa shape index (κ1) is 14.0. The largest absolute Gasteiger partial charge is 0.347 e. The molecule has 0 unspecified atom stereocenters. The molecule has 0 bridgehead atoms. The summed E-state index contributed by atoms with van der Waals surface area (Å²) in [6, 6.07) is 7.17. The van der Waals surface area contributed by atoms with Crippen molar-refractivity contribution in [1.29, 1.82) is 0 Å². The van der Waals surface area contributed by atoms with Crippen molar-refractivity contribution in [2.45, 2.75) is 19.1 Å². The molecule has 1 saturated heterocycles. The van der Waals surface area contributed by atoms with Crippen LogP contribution in [0.1, 0.15) is 18.9 Å². The van der Waals surface area contributed by atoms with Crippen LogP contribution in [0.2, 0.25) is 5.02 Å². The second-order valence-electron chi connectivity index (χ2n) is 4.36. The minimum atomic E-state index is -0.838. The number of benzene rings is 1. The molecule has 0 aliphatic carbocycles. The second kappa shape index (κ2) is 6.14. The highest BCUT2D eigenvalue weighted by Gasteiger charge is 2.33. The Labute approximate surface area is 116 Å². The van der Waals surface area contributed by atoms with Gasteiger partial charge in [0.05, 0.1) is 25.8 Å². The summed E-state index contributed by atoms with van der Waals surface area (Å²) in [5.41, 5.74) is 3.24. The number of carbonyl (C=O) groups is 1. The average Bonchev–Trinajstić information content (AvgIpc) is 2.75. The summed E-state index contributed by atoms with van der Waals surface area (Å²) < 4.78 is 10.7. The molecule has 0 spiro atoms. The average molecular weight is 283 g/mol. The summed E-state index contributed by atoms with van der Waals surface area (Å²) >= 11 is 5.84. The third-order valence-corrected chi connectivity index (χ3v) is 2.87. The number of hydrogen-bond acceptors (Lipinski definition) is 4. The molecule has 1 heterocycles. The van der Waals surface area contributed by atoms with E-state index in [9.17, 15) is 4.79 Å². The monoisotopic (exact) mass is 282 g/mol. The number of ether oxygens (including phenoxy) is 2. The number of rotatable bonds is 4. The first-order valence-electron chi connectivity index (χ1n) is 5.93. The van der Waals surface area contributed by atoms with Crippen molar-refractivity contribution < 1.29 is 14.3 Å². The lowest BCUT2D eigenvalue weighted by Crippen LogP contribution is -2.33. The Morgan fingerprint density at radius 2 is 2.26 bits per heavy atom. The predicted octanol–water partition coefficient (Wildman–Crippen LogP) is 1.94. The summed E-state index contributed by atoms with van der Waals surface area (Å²) in [6.45, 7) is 2.76.